The van der Waals surface area contributed by atoms with Crippen LogP contribution in [0.5, 0.6) is 11.5 Å². The number of benzene rings is 3. The second-order valence-electron chi connectivity index (χ2n) is 7.47. The number of para-hydroxylation sites is 1. The molecule has 0 aliphatic heterocycles. The molecule has 3 rings (SSSR count). The van der Waals surface area contributed by atoms with Gasteiger partial charge in [-0.2, -0.15) is 5.26 Å². The fourth-order valence-electron chi connectivity index (χ4n) is 3.26. The maximum Gasteiger partial charge on any atom is 0.266 e. The van der Waals surface area contributed by atoms with Crippen LogP contribution in [0.25, 0.3) is 6.08 Å². The van der Waals surface area contributed by atoms with Gasteiger partial charge in [0.1, 0.15) is 18.2 Å². The predicted octanol–water partition coefficient (Wildman–Crippen LogP) is 5.86. The van der Waals surface area contributed by atoms with Gasteiger partial charge in [0.15, 0.2) is 11.5 Å². The normalized spacial score (nSPS) is 10.8. The van der Waals surface area contributed by atoms with Crippen molar-refractivity contribution in [2.24, 2.45) is 0 Å². The monoisotopic (exact) mass is 438 g/mol. The Bertz CT molecular complexity index is 1190. The third-order valence-electron chi connectivity index (χ3n) is 4.95. The molecule has 5 heteroatoms. The fraction of sp³-hybridized carbons (Fsp3) is 0.143. The zero-order chi connectivity index (χ0) is 23.6. The molecule has 166 valence electrons. The van der Waals surface area contributed by atoms with Crippen LogP contribution in [-0.4, -0.2) is 13.0 Å². The van der Waals surface area contributed by atoms with E-state index in [9.17, 15) is 10.1 Å². The predicted molar refractivity (Wildman–Crippen MR) is 131 cm³/mol. The topological polar surface area (TPSA) is 71.4 Å². The van der Waals surface area contributed by atoms with Crippen molar-refractivity contribution in [1.82, 2.24) is 0 Å². The number of anilines is 1. The Labute approximate surface area is 194 Å². The van der Waals surface area contributed by atoms with Crippen LogP contribution in [0, 0.1) is 18.3 Å². The minimum absolute atomic E-state index is 0.0150. The van der Waals surface area contributed by atoms with Gasteiger partial charge in [-0.15, -0.1) is 6.58 Å². The third-order valence-corrected chi connectivity index (χ3v) is 4.95. The number of rotatable bonds is 9. The highest BCUT2D eigenvalue weighted by Crippen LogP contribution is 2.35. The summed E-state index contributed by atoms with van der Waals surface area (Å²) in [7, 11) is 1.56. The number of ether oxygens (including phenoxy) is 2. The van der Waals surface area contributed by atoms with Crippen molar-refractivity contribution in [2.75, 3.05) is 12.4 Å². The third kappa shape index (κ3) is 6.34. The molecule has 0 saturated carbocycles. The quantitative estimate of drug-likeness (QED) is 0.258. The summed E-state index contributed by atoms with van der Waals surface area (Å²) in [5, 5.41) is 12.3. The Morgan fingerprint density at radius 2 is 1.85 bits per heavy atom. The zero-order valence-corrected chi connectivity index (χ0v) is 18.8. The average Bonchev–Trinajstić information content (AvgIpc) is 2.83. The SMILES string of the molecule is C=CCc1cc(/C=C(\C#N)C(=O)Nc2ccccc2)cc(OC)c1OCc1ccc(C)cc1. The van der Waals surface area contributed by atoms with E-state index in [0.717, 1.165) is 11.1 Å². The summed E-state index contributed by atoms with van der Waals surface area (Å²) in [4.78, 5) is 12.6. The van der Waals surface area contributed by atoms with E-state index in [-0.39, 0.29) is 5.57 Å². The molecule has 1 N–H and O–H groups in total. The van der Waals surface area contributed by atoms with E-state index >= 15 is 0 Å². The van der Waals surface area contributed by atoms with Crippen molar-refractivity contribution in [3.05, 3.63) is 107 Å². The number of aryl methyl sites for hydroxylation is 1. The number of hydrogen-bond donors (Lipinski definition) is 1. The zero-order valence-electron chi connectivity index (χ0n) is 18.8. The van der Waals surface area contributed by atoms with Crippen molar-refractivity contribution in [3.63, 3.8) is 0 Å². The van der Waals surface area contributed by atoms with Crippen LogP contribution in [0.15, 0.2) is 85.0 Å². The molecule has 0 aliphatic carbocycles. The van der Waals surface area contributed by atoms with Crippen molar-refractivity contribution in [2.45, 2.75) is 20.0 Å². The number of nitrogens with zero attached hydrogens (tertiary/aromatic N) is 1. The van der Waals surface area contributed by atoms with Crippen LogP contribution in [0.4, 0.5) is 5.69 Å². The van der Waals surface area contributed by atoms with Crippen molar-refractivity contribution in [3.8, 4) is 17.6 Å². The molecule has 0 radical (unpaired) electrons. The van der Waals surface area contributed by atoms with Gasteiger partial charge in [-0.3, -0.25) is 4.79 Å². The molecule has 0 fully saturated rings. The highest BCUT2D eigenvalue weighted by molar-refractivity contribution is 6.09. The van der Waals surface area contributed by atoms with Crippen molar-refractivity contribution < 1.29 is 14.3 Å². The van der Waals surface area contributed by atoms with E-state index < -0.39 is 5.91 Å². The first kappa shape index (κ1) is 23.4. The molecule has 5 nitrogen and oxygen atoms in total. The Morgan fingerprint density at radius 3 is 2.48 bits per heavy atom. The number of methoxy groups -OCH3 is 1. The molecule has 33 heavy (non-hydrogen) atoms. The molecular weight excluding hydrogens is 412 g/mol. The smallest absolute Gasteiger partial charge is 0.266 e. The molecule has 0 unspecified atom stereocenters. The molecule has 3 aromatic rings. The number of hydrogen-bond acceptors (Lipinski definition) is 4. The summed E-state index contributed by atoms with van der Waals surface area (Å²) in [5.41, 5.74) is 4.34. The molecule has 0 aliphatic rings. The second kappa shape index (κ2) is 11.4. The number of nitriles is 1. The van der Waals surface area contributed by atoms with Gasteiger partial charge in [0.25, 0.3) is 5.91 Å². The van der Waals surface area contributed by atoms with Gasteiger partial charge < -0.3 is 14.8 Å². The van der Waals surface area contributed by atoms with Gasteiger partial charge in [-0.05, 0) is 54.8 Å². The van der Waals surface area contributed by atoms with Gasteiger partial charge in [0.05, 0.1) is 7.11 Å². The lowest BCUT2D eigenvalue weighted by Crippen LogP contribution is -2.13. The first-order valence-corrected chi connectivity index (χ1v) is 10.5. The Kier molecular flexibility index (Phi) is 8.04. The van der Waals surface area contributed by atoms with E-state index in [1.807, 2.05) is 61.5 Å². The molecule has 0 bridgehead atoms. The van der Waals surface area contributed by atoms with Crippen LogP contribution in [0.3, 0.4) is 0 Å². The first-order valence-electron chi connectivity index (χ1n) is 10.5. The summed E-state index contributed by atoms with van der Waals surface area (Å²) in [5.74, 6) is 0.656. The van der Waals surface area contributed by atoms with E-state index in [0.29, 0.717) is 35.8 Å². The van der Waals surface area contributed by atoms with E-state index in [1.165, 1.54) is 11.6 Å². The molecule has 1 amide bonds. The van der Waals surface area contributed by atoms with E-state index in [2.05, 4.69) is 11.9 Å². The maximum atomic E-state index is 12.6. The molecule has 3 aromatic carbocycles. The highest BCUT2D eigenvalue weighted by atomic mass is 16.5. The molecule has 0 spiro atoms. The standard InChI is InChI=1S/C28H26N2O3/c1-4-8-23-15-22(16-24(18-29)28(31)30-25-9-6-5-7-10-25)17-26(32-3)27(23)33-19-21-13-11-20(2)12-14-21/h4-7,9-17H,1,8,19H2,2-3H3,(H,30,31)/b24-16+. The number of allylic oxidation sites excluding steroid dienone is 1. The Morgan fingerprint density at radius 1 is 1.12 bits per heavy atom. The number of carbonyl (C=O) groups excluding carboxylic acids is 1. The van der Waals surface area contributed by atoms with E-state index in [1.54, 1.807) is 31.4 Å². The summed E-state index contributed by atoms with van der Waals surface area (Å²) >= 11 is 0. The van der Waals surface area contributed by atoms with Crippen molar-refractivity contribution in [1.29, 1.82) is 5.26 Å². The lowest BCUT2D eigenvalue weighted by Gasteiger charge is -2.16. The molecule has 0 aromatic heterocycles. The number of nitrogens with one attached hydrogen (secondary N) is 1. The summed E-state index contributed by atoms with van der Waals surface area (Å²) in [6.07, 6.45) is 3.85. The van der Waals surface area contributed by atoms with Crippen LogP contribution in [-0.2, 0) is 17.8 Å². The molecular formula is C28H26N2O3. The Balaban J connectivity index is 1.89. The number of carbonyl (C=O) groups is 1. The molecule has 0 saturated heterocycles. The van der Waals surface area contributed by atoms with Crippen LogP contribution in [0.1, 0.15) is 22.3 Å². The van der Waals surface area contributed by atoms with Crippen molar-refractivity contribution >= 4 is 17.7 Å². The minimum Gasteiger partial charge on any atom is -0.493 e. The second-order valence-corrected chi connectivity index (χ2v) is 7.47. The lowest BCUT2D eigenvalue weighted by atomic mass is 10.0. The molecule has 0 atom stereocenters. The maximum absolute atomic E-state index is 12.6. The summed E-state index contributed by atoms with van der Waals surface area (Å²) < 4.78 is 11.7. The Hall–Kier alpha value is -4.30. The van der Waals surface area contributed by atoms with Crippen LogP contribution < -0.4 is 14.8 Å². The van der Waals surface area contributed by atoms with Gasteiger partial charge >= 0.3 is 0 Å². The lowest BCUT2D eigenvalue weighted by molar-refractivity contribution is -0.112. The first-order chi connectivity index (χ1) is 16.0. The number of amides is 1. The van der Waals surface area contributed by atoms with Gasteiger partial charge in [0, 0.05) is 11.3 Å². The fourth-order valence-corrected chi connectivity index (χ4v) is 3.26. The van der Waals surface area contributed by atoms with E-state index in [4.69, 9.17) is 9.47 Å². The average molecular weight is 439 g/mol. The van der Waals surface area contributed by atoms with Gasteiger partial charge in [0.2, 0.25) is 0 Å². The van der Waals surface area contributed by atoms with Gasteiger partial charge in [-0.1, -0.05) is 54.1 Å². The van der Waals surface area contributed by atoms with Gasteiger partial charge in [-0.25, -0.2) is 0 Å². The molecule has 0 heterocycles. The largest absolute Gasteiger partial charge is 0.493 e. The highest BCUT2D eigenvalue weighted by Gasteiger charge is 2.15. The summed E-state index contributed by atoms with van der Waals surface area (Å²) in [6, 6.07) is 22.7. The van der Waals surface area contributed by atoms with Crippen LogP contribution >= 0.6 is 0 Å². The minimum atomic E-state index is -0.479. The summed E-state index contributed by atoms with van der Waals surface area (Å²) in [6.45, 7) is 6.26. The van der Waals surface area contributed by atoms with Crippen LogP contribution in [0.2, 0.25) is 0 Å².